The number of unbranched alkanes of at least 4 members (excludes halogenated alkanes) is 11. The van der Waals surface area contributed by atoms with Crippen molar-refractivity contribution in [2.75, 3.05) is 0 Å². The van der Waals surface area contributed by atoms with Crippen LogP contribution in [0.5, 0.6) is 0 Å². The number of nitrogens with zero attached hydrogens (tertiary/aromatic N) is 1. The average Bonchev–Trinajstić information content (AvgIpc) is 2.46. The predicted octanol–water partition coefficient (Wildman–Crippen LogP) is 5.61. The summed E-state index contributed by atoms with van der Waals surface area (Å²) in [6.45, 7) is 0. The highest BCUT2D eigenvalue weighted by Gasteiger charge is 1.96. The Morgan fingerprint density at radius 3 is 1.81 bits per heavy atom. The Morgan fingerprint density at radius 1 is 0.810 bits per heavy atom. The van der Waals surface area contributed by atoms with Crippen molar-refractivity contribution in [1.29, 1.82) is 5.26 Å². The molecule has 0 unspecified atom stereocenters. The number of hydrogen-bond donors (Lipinski definition) is 1. The summed E-state index contributed by atoms with van der Waals surface area (Å²) in [6, 6.07) is 2.18. The molecule has 0 aliphatic carbocycles. The summed E-state index contributed by atoms with van der Waals surface area (Å²) in [5.41, 5.74) is 0. The highest BCUT2D eigenvalue weighted by molar-refractivity contribution is 5.66. The molecule has 0 aliphatic heterocycles. The molecule has 0 aromatic rings. The summed E-state index contributed by atoms with van der Waals surface area (Å²) >= 11 is 0. The van der Waals surface area contributed by atoms with Gasteiger partial charge in [0.25, 0.3) is 0 Å². The van der Waals surface area contributed by atoms with Crippen LogP contribution in [-0.4, -0.2) is 11.1 Å². The zero-order valence-electron chi connectivity index (χ0n) is 13.4. The summed E-state index contributed by atoms with van der Waals surface area (Å²) in [5, 5.41) is 16.9. The average molecular weight is 293 g/mol. The number of hydrogen-bond acceptors (Lipinski definition) is 2. The Balaban J connectivity index is 3.08. The Labute approximate surface area is 130 Å². The van der Waals surface area contributed by atoms with Crippen molar-refractivity contribution in [3.8, 4) is 6.07 Å². The maximum Gasteiger partial charge on any atom is 0.303 e. The molecule has 3 nitrogen and oxygen atoms in total. The van der Waals surface area contributed by atoms with Gasteiger partial charge in [-0.1, -0.05) is 50.7 Å². The van der Waals surface area contributed by atoms with Crippen molar-refractivity contribution in [2.45, 2.75) is 89.9 Å². The second-order valence-electron chi connectivity index (χ2n) is 5.64. The van der Waals surface area contributed by atoms with E-state index in [1.807, 2.05) is 0 Å². The van der Waals surface area contributed by atoms with Crippen LogP contribution in [0.25, 0.3) is 0 Å². The monoisotopic (exact) mass is 293 g/mol. The summed E-state index contributed by atoms with van der Waals surface area (Å²) in [5.74, 6) is -0.674. The van der Waals surface area contributed by atoms with Gasteiger partial charge in [-0.15, -0.1) is 0 Å². The molecule has 0 amide bonds. The Bertz CT molecular complexity index is 305. The first kappa shape index (κ1) is 19.7. The van der Waals surface area contributed by atoms with Crippen LogP contribution in [0.3, 0.4) is 0 Å². The molecule has 21 heavy (non-hydrogen) atoms. The van der Waals surface area contributed by atoms with Gasteiger partial charge < -0.3 is 5.11 Å². The van der Waals surface area contributed by atoms with E-state index in [0.29, 0.717) is 12.8 Å². The first-order valence-electron chi connectivity index (χ1n) is 8.51. The maximum absolute atomic E-state index is 10.3. The summed E-state index contributed by atoms with van der Waals surface area (Å²) in [4.78, 5) is 10.3. The highest BCUT2D eigenvalue weighted by Crippen LogP contribution is 2.10. The molecule has 0 spiro atoms. The van der Waals surface area contributed by atoms with E-state index in [4.69, 9.17) is 10.4 Å². The minimum Gasteiger partial charge on any atom is -0.481 e. The minimum absolute atomic E-state index is 0.321. The molecule has 120 valence electrons. The van der Waals surface area contributed by atoms with Gasteiger partial charge in [-0.25, -0.2) is 0 Å². The third kappa shape index (κ3) is 18.7. The first-order valence-corrected chi connectivity index (χ1v) is 8.51. The van der Waals surface area contributed by atoms with Gasteiger partial charge in [-0.05, 0) is 38.5 Å². The van der Waals surface area contributed by atoms with Crippen LogP contribution in [0.15, 0.2) is 12.2 Å². The third-order valence-electron chi connectivity index (χ3n) is 3.59. The second-order valence-corrected chi connectivity index (χ2v) is 5.64. The van der Waals surface area contributed by atoms with Crippen LogP contribution in [0.2, 0.25) is 0 Å². The van der Waals surface area contributed by atoms with Crippen molar-refractivity contribution in [2.24, 2.45) is 0 Å². The molecule has 0 saturated carbocycles. The molecule has 0 aromatic heterocycles. The molecular weight excluding hydrogens is 262 g/mol. The molecule has 0 radical (unpaired) electrons. The summed E-state index contributed by atoms with van der Waals surface area (Å²) in [7, 11) is 0. The molecule has 3 heteroatoms. The van der Waals surface area contributed by atoms with Crippen LogP contribution in [0.4, 0.5) is 0 Å². The van der Waals surface area contributed by atoms with E-state index in [1.54, 1.807) is 0 Å². The number of rotatable bonds is 15. The second kappa shape index (κ2) is 16.8. The Kier molecular flexibility index (Phi) is 15.7. The van der Waals surface area contributed by atoms with Crippen molar-refractivity contribution in [3.63, 3.8) is 0 Å². The standard InChI is InChI=1S/C18H31NO2/c19-17-15-13-11-9-7-5-3-1-2-4-6-8-10-12-14-16-18(20)21/h3,5H,1-2,4,6-16H2,(H,20,21). The van der Waals surface area contributed by atoms with E-state index >= 15 is 0 Å². The molecule has 0 heterocycles. The summed E-state index contributed by atoms with van der Waals surface area (Å²) in [6.07, 6.45) is 19.4. The first-order chi connectivity index (χ1) is 10.3. The van der Waals surface area contributed by atoms with Gasteiger partial charge in [0.05, 0.1) is 6.07 Å². The molecular formula is C18H31NO2. The largest absolute Gasteiger partial charge is 0.481 e. The van der Waals surface area contributed by atoms with Crippen molar-refractivity contribution in [3.05, 3.63) is 12.2 Å². The summed E-state index contributed by atoms with van der Waals surface area (Å²) < 4.78 is 0. The van der Waals surface area contributed by atoms with Crippen LogP contribution in [0.1, 0.15) is 89.9 Å². The quantitative estimate of drug-likeness (QED) is 0.315. The van der Waals surface area contributed by atoms with E-state index in [-0.39, 0.29) is 0 Å². The van der Waals surface area contributed by atoms with Crippen LogP contribution < -0.4 is 0 Å². The predicted molar refractivity (Wildman–Crippen MR) is 87.0 cm³/mol. The number of carboxylic acids is 1. The van der Waals surface area contributed by atoms with Crippen molar-refractivity contribution < 1.29 is 9.90 Å². The SMILES string of the molecule is N#CCCCCCC=CCCCCCCCCCC(=O)O. The number of allylic oxidation sites excluding steroid dienone is 2. The van der Waals surface area contributed by atoms with Crippen LogP contribution in [-0.2, 0) is 4.79 Å². The lowest BCUT2D eigenvalue weighted by Gasteiger charge is -2.00. The number of carbonyl (C=O) groups is 1. The molecule has 0 bridgehead atoms. The lowest BCUT2D eigenvalue weighted by atomic mass is 10.1. The third-order valence-corrected chi connectivity index (χ3v) is 3.59. The maximum atomic E-state index is 10.3. The normalized spacial score (nSPS) is 10.8. The zero-order valence-corrected chi connectivity index (χ0v) is 13.4. The number of aliphatic carboxylic acids is 1. The fourth-order valence-electron chi connectivity index (χ4n) is 2.30. The molecule has 1 N–H and O–H groups in total. The molecule has 0 rings (SSSR count). The van der Waals surface area contributed by atoms with Gasteiger partial charge in [-0.3, -0.25) is 4.79 Å². The van der Waals surface area contributed by atoms with Gasteiger partial charge in [0, 0.05) is 12.8 Å². The van der Waals surface area contributed by atoms with Gasteiger partial charge in [0.2, 0.25) is 0 Å². The van der Waals surface area contributed by atoms with Crippen molar-refractivity contribution >= 4 is 5.97 Å². The molecule has 0 fully saturated rings. The lowest BCUT2D eigenvalue weighted by Crippen LogP contribution is -1.93. The topological polar surface area (TPSA) is 61.1 Å². The lowest BCUT2D eigenvalue weighted by molar-refractivity contribution is -0.137. The van der Waals surface area contributed by atoms with Gasteiger partial charge >= 0.3 is 5.97 Å². The fraction of sp³-hybridized carbons (Fsp3) is 0.778. The van der Waals surface area contributed by atoms with Gasteiger partial charge in [0.15, 0.2) is 0 Å². The Morgan fingerprint density at radius 2 is 1.29 bits per heavy atom. The van der Waals surface area contributed by atoms with Crippen LogP contribution in [0, 0.1) is 11.3 Å². The highest BCUT2D eigenvalue weighted by atomic mass is 16.4. The zero-order chi connectivity index (χ0) is 15.6. The van der Waals surface area contributed by atoms with E-state index < -0.39 is 5.97 Å². The van der Waals surface area contributed by atoms with Gasteiger partial charge in [-0.2, -0.15) is 5.26 Å². The van der Waals surface area contributed by atoms with E-state index in [1.165, 1.54) is 51.4 Å². The number of nitriles is 1. The fourth-order valence-corrected chi connectivity index (χ4v) is 2.30. The molecule has 0 atom stereocenters. The van der Waals surface area contributed by atoms with E-state index in [9.17, 15) is 4.79 Å². The minimum atomic E-state index is -0.674. The smallest absolute Gasteiger partial charge is 0.303 e. The Hall–Kier alpha value is -1.30. The van der Waals surface area contributed by atoms with E-state index in [2.05, 4.69) is 18.2 Å². The molecule has 0 aromatic carbocycles. The van der Waals surface area contributed by atoms with Gasteiger partial charge in [0.1, 0.15) is 0 Å². The van der Waals surface area contributed by atoms with Crippen LogP contribution >= 0.6 is 0 Å². The van der Waals surface area contributed by atoms with E-state index in [0.717, 1.165) is 25.7 Å². The van der Waals surface area contributed by atoms with Crippen molar-refractivity contribution in [1.82, 2.24) is 0 Å². The molecule has 0 saturated heterocycles. The molecule has 0 aliphatic rings. The number of carboxylic acid groups (broad SMARTS) is 1.